The summed E-state index contributed by atoms with van der Waals surface area (Å²) >= 11 is 0. The molecule has 1 rings (SSSR count). The second-order valence-electron chi connectivity index (χ2n) is 2.63. The van der Waals surface area contributed by atoms with Crippen molar-refractivity contribution < 1.29 is 0 Å². The van der Waals surface area contributed by atoms with Crippen molar-refractivity contribution in [1.29, 1.82) is 0 Å². The molecule has 0 aromatic rings. The van der Waals surface area contributed by atoms with E-state index in [9.17, 15) is 0 Å². The molecule has 1 N–H and O–H groups in total. The van der Waals surface area contributed by atoms with E-state index >= 15 is 0 Å². The lowest BCUT2D eigenvalue weighted by molar-refractivity contribution is 0.785. The zero-order valence-corrected chi connectivity index (χ0v) is 7.06. The molecule has 0 aliphatic heterocycles. The van der Waals surface area contributed by atoms with E-state index in [2.05, 4.69) is 36.2 Å². The van der Waals surface area contributed by atoms with Crippen LogP contribution in [-0.2, 0) is 0 Å². The predicted molar refractivity (Wildman–Crippen MR) is 48.5 cm³/mol. The molecule has 0 spiro atoms. The number of hydrogen-bond acceptors (Lipinski definition) is 1. The van der Waals surface area contributed by atoms with Gasteiger partial charge in [-0.25, -0.2) is 0 Å². The normalized spacial score (nSPS) is 16.3. The lowest BCUT2D eigenvalue weighted by Crippen LogP contribution is -2.14. The third-order valence-corrected chi connectivity index (χ3v) is 1.65. The summed E-state index contributed by atoms with van der Waals surface area (Å²) in [6.07, 6.45) is 8.77. The molecule has 1 nitrogen and oxygen atoms in total. The van der Waals surface area contributed by atoms with Gasteiger partial charge in [0.05, 0.1) is 0 Å². The van der Waals surface area contributed by atoms with Crippen molar-refractivity contribution in [2.45, 2.75) is 19.8 Å². The lowest BCUT2D eigenvalue weighted by atomic mass is 10.2. The minimum Gasteiger partial charge on any atom is -0.312 e. The molecule has 0 atom stereocenters. The van der Waals surface area contributed by atoms with Gasteiger partial charge in [-0.15, -0.1) is 5.73 Å². The van der Waals surface area contributed by atoms with Gasteiger partial charge in [0.15, 0.2) is 0 Å². The third-order valence-electron chi connectivity index (χ3n) is 1.65. The topological polar surface area (TPSA) is 12.0 Å². The van der Waals surface area contributed by atoms with Gasteiger partial charge in [-0.2, -0.15) is 0 Å². The summed E-state index contributed by atoms with van der Waals surface area (Å²) in [6.45, 7) is 4.09. The van der Waals surface area contributed by atoms with E-state index in [4.69, 9.17) is 0 Å². The molecule has 60 valence electrons. The molecule has 0 radical (unpaired) electrons. The molecule has 11 heavy (non-hydrogen) atoms. The van der Waals surface area contributed by atoms with Crippen LogP contribution in [0.1, 0.15) is 19.8 Å². The molecule has 0 saturated carbocycles. The molecule has 0 aromatic heterocycles. The quantitative estimate of drug-likeness (QED) is 0.605. The summed E-state index contributed by atoms with van der Waals surface area (Å²) in [5.41, 5.74) is 4.53. The molecule has 1 heteroatoms. The summed E-state index contributed by atoms with van der Waals surface area (Å²) in [5.74, 6) is 0. The van der Waals surface area contributed by atoms with E-state index in [-0.39, 0.29) is 0 Å². The van der Waals surface area contributed by atoms with Crippen LogP contribution in [0.2, 0.25) is 0 Å². The van der Waals surface area contributed by atoms with Crippen LogP contribution >= 0.6 is 0 Å². The highest BCUT2D eigenvalue weighted by Gasteiger charge is 1.91. The Hall–Kier alpha value is -0.780. The molecule has 0 fully saturated rings. The summed E-state index contributed by atoms with van der Waals surface area (Å²) < 4.78 is 0. The fraction of sp³-hybridized carbons (Fsp3) is 0.500. The van der Waals surface area contributed by atoms with Crippen LogP contribution in [0.15, 0.2) is 29.5 Å². The predicted octanol–water partition coefficient (Wildman–Crippen LogP) is 2.03. The zero-order valence-electron chi connectivity index (χ0n) is 7.06. The molecule has 1 aliphatic carbocycles. The number of likely N-dealkylation sites (N-methyl/N-ethyl adjacent to an activating group) is 1. The molecule has 0 heterocycles. The average Bonchev–Trinajstić information content (AvgIpc) is 2.28. The van der Waals surface area contributed by atoms with Crippen LogP contribution < -0.4 is 5.32 Å². The van der Waals surface area contributed by atoms with Crippen molar-refractivity contribution in [1.82, 2.24) is 5.32 Å². The van der Waals surface area contributed by atoms with Gasteiger partial charge in [-0.3, -0.25) is 0 Å². The van der Waals surface area contributed by atoms with Crippen LogP contribution in [0.25, 0.3) is 0 Å². The van der Waals surface area contributed by atoms with Crippen LogP contribution in [-0.4, -0.2) is 13.1 Å². The second kappa shape index (κ2) is 4.95. The van der Waals surface area contributed by atoms with Crippen molar-refractivity contribution in [3.63, 3.8) is 0 Å². The zero-order chi connectivity index (χ0) is 7.94. The van der Waals surface area contributed by atoms with Crippen molar-refractivity contribution >= 4 is 0 Å². The monoisotopic (exact) mass is 149 g/mol. The van der Waals surface area contributed by atoms with Crippen molar-refractivity contribution in [3.8, 4) is 0 Å². The first-order valence-electron chi connectivity index (χ1n) is 4.24. The fourth-order valence-electron chi connectivity index (χ4n) is 1.03. The number of rotatable bonds is 3. The first-order valence-corrected chi connectivity index (χ1v) is 4.24. The Morgan fingerprint density at radius 1 is 1.55 bits per heavy atom. The number of hydrogen-bond donors (Lipinski definition) is 1. The van der Waals surface area contributed by atoms with E-state index < -0.39 is 0 Å². The van der Waals surface area contributed by atoms with Gasteiger partial charge in [0.25, 0.3) is 0 Å². The summed E-state index contributed by atoms with van der Waals surface area (Å²) in [4.78, 5) is 0. The Labute approximate surface area is 68.5 Å². The van der Waals surface area contributed by atoms with Crippen molar-refractivity contribution in [2.24, 2.45) is 0 Å². The molecule has 0 saturated heterocycles. The Balaban J connectivity index is 2.47. The minimum absolute atomic E-state index is 0.948. The van der Waals surface area contributed by atoms with Gasteiger partial charge < -0.3 is 5.32 Å². The van der Waals surface area contributed by atoms with Crippen LogP contribution in [0.3, 0.4) is 0 Å². The van der Waals surface area contributed by atoms with Gasteiger partial charge in [-0.1, -0.05) is 19.1 Å². The van der Waals surface area contributed by atoms with Crippen LogP contribution in [0.4, 0.5) is 0 Å². The van der Waals surface area contributed by atoms with Gasteiger partial charge in [0.1, 0.15) is 0 Å². The maximum absolute atomic E-state index is 3.27. The fourth-order valence-corrected chi connectivity index (χ4v) is 1.03. The smallest absolute Gasteiger partial charge is 0.0278 e. The molecule has 0 amide bonds. The maximum atomic E-state index is 3.27. The Morgan fingerprint density at radius 2 is 2.45 bits per heavy atom. The largest absolute Gasteiger partial charge is 0.312 e. The number of nitrogens with one attached hydrogen (secondary N) is 1. The van der Waals surface area contributed by atoms with E-state index in [1.54, 1.807) is 0 Å². The van der Waals surface area contributed by atoms with Gasteiger partial charge >= 0.3 is 0 Å². The Kier molecular flexibility index (Phi) is 3.74. The summed E-state index contributed by atoms with van der Waals surface area (Å²) in [7, 11) is 0. The van der Waals surface area contributed by atoms with E-state index in [1.807, 2.05) is 0 Å². The highest BCUT2D eigenvalue weighted by atomic mass is 14.8. The third kappa shape index (κ3) is 3.22. The Morgan fingerprint density at radius 3 is 3.27 bits per heavy atom. The standard InChI is InChI=1S/C10H15N/c1-2-11-9-10-7-5-3-4-6-8-10/h5-7,11H,2-4,9H2,1H3. The van der Waals surface area contributed by atoms with Crippen molar-refractivity contribution in [3.05, 3.63) is 29.5 Å². The van der Waals surface area contributed by atoms with E-state index in [0.29, 0.717) is 0 Å². The Bertz CT molecular complexity index is 195. The minimum atomic E-state index is 0.948. The van der Waals surface area contributed by atoms with Crippen molar-refractivity contribution in [2.75, 3.05) is 13.1 Å². The highest BCUT2D eigenvalue weighted by Crippen LogP contribution is 2.02. The molecule has 1 aliphatic rings. The summed E-state index contributed by atoms with van der Waals surface area (Å²) in [5, 5.41) is 3.27. The van der Waals surface area contributed by atoms with E-state index in [0.717, 1.165) is 25.9 Å². The van der Waals surface area contributed by atoms with E-state index in [1.165, 1.54) is 5.57 Å². The lowest BCUT2D eigenvalue weighted by Gasteiger charge is -1.97. The second-order valence-corrected chi connectivity index (χ2v) is 2.63. The van der Waals surface area contributed by atoms with Gasteiger partial charge in [-0.05, 0) is 25.5 Å². The molecular formula is C10H15N. The first kappa shape index (κ1) is 8.32. The summed E-state index contributed by atoms with van der Waals surface area (Å²) in [6, 6.07) is 0. The first-order chi connectivity index (χ1) is 5.43. The SMILES string of the molecule is CCNCC1=C=CCCC=C1. The highest BCUT2D eigenvalue weighted by molar-refractivity contribution is 5.21. The molecule has 0 unspecified atom stereocenters. The molecular weight excluding hydrogens is 134 g/mol. The maximum Gasteiger partial charge on any atom is 0.0278 e. The molecule has 0 aromatic carbocycles. The number of allylic oxidation sites excluding steroid dienone is 1. The molecule has 0 bridgehead atoms. The average molecular weight is 149 g/mol. The van der Waals surface area contributed by atoms with Gasteiger partial charge in [0, 0.05) is 12.1 Å². The van der Waals surface area contributed by atoms with Gasteiger partial charge in [0.2, 0.25) is 0 Å². The van der Waals surface area contributed by atoms with Crippen LogP contribution in [0.5, 0.6) is 0 Å². The van der Waals surface area contributed by atoms with Crippen LogP contribution in [0, 0.1) is 0 Å².